The highest BCUT2D eigenvalue weighted by molar-refractivity contribution is 5.76. The average Bonchev–Trinajstić information content (AvgIpc) is 3.25. The molecule has 0 saturated heterocycles. The van der Waals surface area contributed by atoms with E-state index in [9.17, 15) is 0 Å². The molecule has 0 atom stereocenters. The smallest absolute Gasteiger partial charge is 0.192 e. The van der Waals surface area contributed by atoms with E-state index in [1.54, 1.807) is 10.9 Å². The third-order valence-electron chi connectivity index (χ3n) is 3.60. The lowest BCUT2D eigenvalue weighted by atomic mass is 10.1. The summed E-state index contributed by atoms with van der Waals surface area (Å²) >= 11 is 0. The van der Waals surface area contributed by atoms with Gasteiger partial charge in [-0.15, -0.1) is 5.10 Å². The van der Waals surface area contributed by atoms with Crippen molar-refractivity contribution < 1.29 is 4.52 Å². The van der Waals surface area contributed by atoms with Crippen LogP contribution >= 0.6 is 0 Å². The Bertz CT molecular complexity index is 925. The summed E-state index contributed by atoms with van der Waals surface area (Å²) in [5.74, 6) is 1.24. The van der Waals surface area contributed by atoms with E-state index in [4.69, 9.17) is 4.52 Å². The molecule has 23 heavy (non-hydrogen) atoms. The first-order valence-electron chi connectivity index (χ1n) is 7.19. The van der Waals surface area contributed by atoms with E-state index in [0.29, 0.717) is 11.6 Å². The molecule has 0 aliphatic rings. The summed E-state index contributed by atoms with van der Waals surface area (Å²) in [5.41, 5.74) is 3.75. The van der Waals surface area contributed by atoms with Crippen LogP contribution in [0.25, 0.3) is 28.4 Å². The van der Waals surface area contributed by atoms with Crippen molar-refractivity contribution in [3.05, 3.63) is 66.4 Å². The lowest BCUT2D eigenvalue weighted by Crippen LogP contribution is -1.99. The zero-order valence-corrected chi connectivity index (χ0v) is 12.4. The van der Waals surface area contributed by atoms with Gasteiger partial charge in [0.2, 0.25) is 0 Å². The fourth-order valence-corrected chi connectivity index (χ4v) is 2.41. The van der Waals surface area contributed by atoms with Gasteiger partial charge in [0.1, 0.15) is 0 Å². The molecule has 0 unspecified atom stereocenters. The highest BCUT2D eigenvalue weighted by Crippen LogP contribution is 2.31. The van der Waals surface area contributed by atoms with E-state index >= 15 is 0 Å². The number of tetrazole rings is 1. The second kappa shape index (κ2) is 5.49. The molecule has 0 spiro atoms. The second-order valence-corrected chi connectivity index (χ2v) is 5.18. The topological polar surface area (TPSA) is 69.6 Å². The first kappa shape index (κ1) is 13.4. The number of aromatic nitrogens is 5. The van der Waals surface area contributed by atoms with Crippen LogP contribution in [0, 0.1) is 6.92 Å². The van der Waals surface area contributed by atoms with Gasteiger partial charge in [0.25, 0.3) is 0 Å². The summed E-state index contributed by atoms with van der Waals surface area (Å²) in [6, 6.07) is 17.8. The van der Waals surface area contributed by atoms with Crippen LogP contribution in [-0.2, 0) is 0 Å². The Labute approximate surface area is 132 Å². The molecule has 2 aromatic carbocycles. The van der Waals surface area contributed by atoms with E-state index in [-0.39, 0.29) is 0 Å². The summed E-state index contributed by atoms with van der Waals surface area (Å²) < 4.78 is 7.12. The molecule has 2 aromatic heterocycles. The van der Waals surface area contributed by atoms with Gasteiger partial charge in [-0.3, -0.25) is 0 Å². The molecule has 0 fully saturated rings. The molecule has 0 bridgehead atoms. The van der Waals surface area contributed by atoms with Crippen LogP contribution in [0.5, 0.6) is 0 Å². The van der Waals surface area contributed by atoms with Crippen molar-refractivity contribution in [3.63, 3.8) is 0 Å². The van der Waals surface area contributed by atoms with Gasteiger partial charge in [0.15, 0.2) is 11.6 Å². The van der Waals surface area contributed by atoms with Crippen LogP contribution in [0.4, 0.5) is 0 Å². The van der Waals surface area contributed by atoms with Crippen molar-refractivity contribution in [1.29, 1.82) is 0 Å². The van der Waals surface area contributed by atoms with Gasteiger partial charge in [0, 0.05) is 5.56 Å². The fourth-order valence-electron chi connectivity index (χ4n) is 2.41. The SMILES string of the molecule is Cc1ccc(-c2oncc2-c2nnnn2-c2ccccc2)cc1. The minimum atomic E-state index is 0.591. The van der Waals surface area contributed by atoms with Crippen molar-refractivity contribution in [1.82, 2.24) is 25.4 Å². The fraction of sp³-hybridized carbons (Fsp3) is 0.0588. The molecular weight excluding hydrogens is 290 g/mol. The predicted molar refractivity (Wildman–Crippen MR) is 84.8 cm³/mol. The van der Waals surface area contributed by atoms with Crippen LogP contribution in [-0.4, -0.2) is 25.4 Å². The maximum Gasteiger partial charge on any atom is 0.192 e. The minimum Gasteiger partial charge on any atom is -0.356 e. The molecule has 0 saturated carbocycles. The number of hydrogen-bond donors (Lipinski definition) is 0. The molecule has 0 radical (unpaired) electrons. The number of benzene rings is 2. The van der Waals surface area contributed by atoms with Crippen molar-refractivity contribution in [2.75, 3.05) is 0 Å². The van der Waals surface area contributed by atoms with E-state index in [2.05, 4.69) is 20.7 Å². The van der Waals surface area contributed by atoms with Gasteiger partial charge in [-0.25, -0.2) is 0 Å². The third-order valence-corrected chi connectivity index (χ3v) is 3.60. The van der Waals surface area contributed by atoms with Crippen molar-refractivity contribution in [2.45, 2.75) is 6.92 Å². The lowest BCUT2D eigenvalue weighted by Gasteiger charge is -2.04. The minimum absolute atomic E-state index is 0.591. The molecule has 6 heteroatoms. The first-order chi connectivity index (χ1) is 11.3. The van der Waals surface area contributed by atoms with Gasteiger partial charge in [-0.05, 0) is 29.5 Å². The van der Waals surface area contributed by atoms with Gasteiger partial charge in [-0.1, -0.05) is 53.2 Å². The molecule has 112 valence electrons. The molecule has 0 aliphatic carbocycles. The second-order valence-electron chi connectivity index (χ2n) is 5.18. The normalized spacial score (nSPS) is 10.8. The lowest BCUT2D eigenvalue weighted by molar-refractivity contribution is 0.432. The summed E-state index contributed by atoms with van der Waals surface area (Å²) in [5, 5.41) is 15.9. The average molecular weight is 303 g/mol. The third kappa shape index (κ3) is 2.40. The number of nitrogens with zero attached hydrogens (tertiary/aromatic N) is 5. The maximum absolute atomic E-state index is 5.45. The Morgan fingerprint density at radius 3 is 2.52 bits per heavy atom. The van der Waals surface area contributed by atoms with E-state index in [1.165, 1.54) is 5.56 Å². The van der Waals surface area contributed by atoms with Crippen LogP contribution in [0.3, 0.4) is 0 Å². The molecule has 4 rings (SSSR count). The summed E-state index contributed by atoms with van der Waals surface area (Å²) in [6.45, 7) is 2.04. The van der Waals surface area contributed by atoms with Gasteiger partial charge >= 0.3 is 0 Å². The number of hydrogen-bond acceptors (Lipinski definition) is 5. The van der Waals surface area contributed by atoms with Gasteiger partial charge < -0.3 is 4.52 Å². The molecule has 0 aliphatic heterocycles. The molecule has 2 heterocycles. The summed E-state index contributed by atoms with van der Waals surface area (Å²) in [4.78, 5) is 0. The van der Waals surface area contributed by atoms with Crippen molar-refractivity contribution in [3.8, 4) is 28.4 Å². The Morgan fingerprint density at radius 2 is 1.74 bits per heavy atom. The van der Waals surface area contributed by atoms with Crippen LogP contribution in [0.1, 0.15) is 5.56 Å². The van der Waals surface area contributed by atoms with Crippen LogP contribution in [0.2, 0.25) is 0 Å². The number of aryl methyl sites for hydroxylation is 1. The molecule has 0 amide bonds. The van der Waals surface area contributed by atoms with Crippen molar-refractivity contribution >= 4 is 0 Å². The Kier molecular flexibility index (Phi) is 3.20. The zero-order chi connectivity index (χ0) is 15.6. The molecular formula is C17H13N5O. The zero-order valence-electron chi connectivity index (χ0n) is 12.4. The highest BCUT2D eigenvalue weighted by atomic mass is 16.5. The molecule has 6 nitrogen and oxygen atoms in total. The highest BCUT2D eigenvalue weighted by Gasteiger charge is 2.19. The molecule has 0 N–H and O–H groups in total. The first-order valence-corrected chi connectivity index (χ1v) is 7.19. The number of para-hydroxylation sites is 1. The van der Waals surface area contributed by atoms with Crippen molar-refractivity contribution in [2.24, 2.45) is 0 Å². The number of rotatable bonds is 3. The van der Waals surface area contributed by atoms with Gasteiger partial charge in [0.05, 0.1) is 17.4 Å². The maximum atomic E-state index is 5.45. The monoisotopic (exact) mass is 303 g/mol. The van der Waals surface area contributed by atoms with E-state index in [1.807, 2.05) is 61.5 Å². The summed E-state index contributed by atoms with van der Waals surface area (Å²) in [6.07, 6.45) is 1.64. The quantitative estimate of drug-likeness (QED) is 0.581. The van der Waals surface area contributed by atoms with E-state index < -0.39 is 0 Å². The van der Waals surface area contributed by atoms with Crippen LogP contribution in [0.15, 0.2) is 65.3 Å². The van der Waals surface area contributed by atoms with E-state index in [0.717, 1.165) is 16.8 Å². The Morgan fingerprint density at radius 1 is 0.957 bits per heavy atom. The molecule has 4 aromatic rings. The Hall–Kier alpha value is -3.28. The van der Waals surface area contributed by atoms with Gasteiger partial charge in [-0.2, -0.15) is 4.68 Å². The standard InChI is InChI=1S/C17H13N5O/c1-12-7-9-13(10-8-12)16-15(11-18-23-16)17-19-20-21-22(17)14-5-3-2-4-6-14/h2-11H,1H3. The van der Waals surface area contributed by atoms with Crippen LogP contribution < -0.4 is 0 Å². The predicted octanol–water partition coefficient (Wildman–Crippen LogP) is 3.29. The summed E-state index contributed by atoms with van der Waals surface area (Å²) in [7, 11) is 0. The largest absolute Gasteiger partial charge is 0.356 e. The Balaban J connectivity index is 1.84.